The van der Waals surface area contributed by atoms with Gasteiger partial charge in [0.05, 0.1) is 11.7 Å². The third-order valence-corrected chi connectivity index (χ3v) is 7.75. The molecule has 0 aliphatic carbocycles. The number of nitrogens with one attached hydrogen (secondary N) is 2. The molecule has 2 saturated heterocycles. The van der Waals surface area contributed by atoms with Crippen LogP contribution in [0.4, 0.5) is 10.1 Å². The number of carbonyl (C=O) groups is 1. The molecule has 0 saturated carbocycles. The van der Waals surface area contributed by atoms with Crippen LogP contribution in [-0.4, -0.2) is 48.0 Å². The van der Waals surface area contributed by atoms with Gasteiger partial charge in [-0.25, -0.2) is 20.2 Å². The van der Waals surface area contributed by atoms with Crippen molar-refractivity contribution in [3.8, 4) is 10.6 Å². The minimum Gasteiger partial charge on any atom is -0.368 e. The summed E-state index contributed by atoms with van der Waals surface area (Å²) >= 11 is 1.69. The molecule has 0 bridgehead atoms. The Hall–Kier alpha value is -2.81. The number of anilines is 1. The van der Waals surface area contributed by atoms with Gasteiger partial charge in [0.15, 0.2) is 0 Å². The molecular formula is C25H28FN5OS. The number of aromatic nitrogens is 1. The maximum atomic E-state index is 13.2. The van der Waals surface area contributed by atoms with Crippen molar-refractivity contribution in [3.63, 3.8) is 0 Å². The molecule has 2 aliphatic rings. The van der Waals surface area contributed by atoms with Gasteiger partial charge >= 0.3 is 0 Å². The molecule has 2 aliphatic heterocycles. The Morgan fingerprint density at radius 3 is 2.39 bits per heavy atom. The molecule has 0 spiro atoms. The van der Waals surface area contributed by atoms with Crippen LogP contribution in [0.1, 0.15) is 28.6 Å². The van der Waals surface area contributed by atoms with Crippen LogP contribution in [0.3, 0.4) is 0 Å². The van der Waals surface area contributed by atoms with Gasteiger partial charge < -0.3 is 9.80 Å². The average Bonchev–Trinajstić information content (AvgIpc) is 3.47. The third-order valence-electron chi connectivity index (χ3n) is 6.43. The lowest BCUT2D eigenvalue weighted by Gasteiger charge is -2.37. The number of piperazine rings is 1. The molecule has 33 heavy (non-hydrogen) atoms. The summed E-state index contributed by atoms with van der Waals surface area (Å²) < 4.78 is 13.2. The molecule has 1 amide bonds. The molecule has 2 N–H and O–H groups in total. The predicted molar refractivity (Wildman–Crippen MR) is 130 cm³/mol. The second-order valence-corrected chi connectivity index (χ2v) is 9.78. The Bertz CT molecular complexity index is 1120. The zero-order valence-electron chi connectivity index (χ0n) is 18.8. The van der Waals surface area contributed by atoms with E-state index in [0.717, 1.165) is 35.0 Å². The highest BCUT2D eigenvalue weighted by Gasteiger charge is 2.35. The van der Waals surface area contributed by atoms with E-state index in [1.807, 2.05) is 11.8 Å². The second-order valence-electron chi connectivity index (χ2n) is 8.75. The topological polar surface area (TPSA) is 60.5 Å². The van der Waals surface area contributed by atoms with E-state index in [-0.39, 0.29) is 23.8 Å². The highest BCUT2D eigenvalue weighted by Crippen LogP contribution is 2.35. The summed E-state index contributed by atoms with van der Waals surface area (Å²) in [5, 5.41) is 1.01. The van der Waals surface area contributed by atoms with Crippen LogP contribution < -0.4 is 15.8 Å². The van der Waals surface area contributed by atoms with Crippen LogP contribution in [0.25, 0.3) is 10.6 Å². The van der Waals surface area contributed by atoms with Crippen LogP contribution >= 0.6 is 11.3 Å². The highest BCUT2D eigenvalue weighted by atomic mass is 32.1. The summed E-state index contributed by atoms with van der Waals surface area (Å²) in [5.41, 5.74) is 10.9. The van der Waals surface area contributed by atoms with Gasteiger partial charge in [-0.05, 0) is 44.5 Å². The van der Waals surface area contributed by atoms with Crippen molar-refractivity contribution in [2.24, 2.45) is 0 Å². The summed E-state index contributed by atoms with van der Waals surface area (Å²) in [7, 11) is 0. The van der Waals surface area contributed by atoms with Gasteiger partial charge in [0, 0.05) is 42.3 Å². The molecule has 3 heterocycles. The van der Waals surface area contributed by atoms with Gasteiger partial charge in [0.2, 0.25) is 5.91 Å². The Labute approximate surface area is 197 Å². The number of nitrogens with zero attached hydrogens (tertiary/aromatic N) is 3. The van der Waals surface area contributed by atoms with E-state index in [9.17, 15) is 9.18 Å². The van der Waals surface area contributed by atoms with E-state index >= 15 is 0 Å². The zero-order chi connectivity index (χ0) is 22.9. The third kappa shape index (κ3) is 4.64. The fraction of sp³-hybridized carbons (Fsp3) is 0.360. The number of benzene rings is 2. The van der Waals surface area contributed by atoms with E-state index in [4.69, 9.17) is 4.98 Å². The molecule has 0 radical (unpaired) electrons. The molecule has 172 valence electrons. The van der Waals surface area contributed by atoms with Gasteiger partial charge in [-0.1, -0.05) is 29.8 Å². The van der Waals surface area contributed by atoms with Gasteiger partial charge in [-0.2, -0.15) is 0 Å². The Kier molecular flexibility index (Phi) is 6.14. The first-order valence-electron chi connectivity index (χ1n) is 11.3. The maximum Gasteiger partial charge on any atom is 0.241 e. The number of amides is 1. The summed E-state index contributed by atoms with van der Waals surface area (Å²) in [6.07, 6.45) is 0.702. The fourth-order valence-electron chi connectivity index (χ4n) is 4.50. The minimum atomic E-state index is -0.253. The van der Waals surface area contributed by atoms with E-state index in [0.29, 0.717) is 19.5 Å². The summed E-state index contributed by atoms with van der Waals surface area (Å²) in [5.74, 6) is -0.103. The predicted octanol–water partition coefficient (Wildman–Crippen LogP) is 3.82. The maximum absolute atomic E-state index is 13.2. The Balaban J connectivity index is 1.20. The highest BCUT2D eigenvalue weighted by molar-refractivity contribution is 7.15. The first kappa shape index (κ1) is 22.0. The van der Waals surface area contributed by atoms with E-state index in [1.165, 1.54) is 22.6 Å². The number of hydrogen-bond donors (Lipinski definition) is 2. The zero-order valence-corrected chi connectivity index (χ0v) is 19.7. The van der Waals surface area contributed by atoms with Crippen molar-refractivity contribution < 1.29 is 9.18 Å². The molecule has 3 aromatic rings. The normalized spacial score (nSPS) is 20.9. The number of aryl methyl sites for hydroxylation is 2. The molecule has 1 aromatic heterocycles. The van der Waals surface area contributed by atoms with Gasteiger partial charge in [0.25, 0.3) is 0 Å². The molecule has 8 heteroatoms. The number of thiazole rings is 1. The lowest BCUT2D eigenvalue weighted by molar-refractivity contribution is -0.133. The summed E-state index contributed by atoms with van der Waals surface area (Å²) in [4.78, 5) is 23.2. The Morgan fingerprint density at radius 1 is 1.00 bits per heavy atom. The smallest absolute Gasteiger partial charge is 0.241 e. The van der Waals surface area contributed by atoms with Crippen LogP contribution in [0.5, 0.6) is 0 Å². The monoisotopic (exact) mass is 465 g/mol. The van der Waals surface area contributed by atoms with Crippen molar-refractivity contribution >= 4 is 22.9 Å². The van der Waals surface area contributed by atoms with Crippen molar-refractivity contribution in [2.45, 2.75) is 32.4 Å². The van der Waals surface area contributed by atoms with Crippen LogP contribution in [0.15, 0.2) is 48.5 Å². The number of halogens is 1. The molecule has 5 rings (SSSR count). The molecule has 2 atom stereocenters. The first-order chi connectivity index (χ1) is 16.0. The van der Waals surface area contributed by atoms with Gasteiger partial charge in [-0.3, -0.25) is 4.79 Å². The Morgan fingerprint density at radius 2 is 1.70 bits per heavy atom. The largest absolute Gasteiger partial charge is 0.368 e. The molecule has 6 nitrogen and oxygen atoms in total. The molecule has 2 aromatic carbocycles. The number of hydrogen-bond acceptors (Lipinski definition) is 6. The summed E-state index contributed by atoms with van der Waals surface area (Å²) in [6.45, 7) is 6.93. The van der Waals surface area contributed by atoms with Gasteiger partial charge in [0.1, 0.15) is 16.9 Å². The minimum absolute atomic E-state index is 0.0659. The van der Waals surface area contributed by atoms with E-state index in [2.05, 4.69) is 46.9 Å². The van der Waals surface area contributed by atoms with Gasteiger partial charge in [-0.15, -0.1) is 11.3 Å². The van der Waals surface area contributed by atoms with Crippen LogP contribution in [-0.2, 0) is 4.79 Å². The number of rotatable bonds is 4. The fourth-order valence-corrected chi connectivity index (χ4v) is 5.63. The van der Waals surface area contributed by atoms with Crippen molar-refractivity contribution in [3.05, 3.63) is 70.5 Å². The molecule has 2 fully saturated rings. The lowest BCUT2D eigenvalue weighted by Crippen LogP contribution is -2.53. The second kappa shape index (κ2) is 9.21. The van der Waals surface area contributed by atoms with Crippen LogP contribution in [0, 0.1) is 19.7 Å². The number of hydrazine groups is 1. The van der Waals surface area contributed by atoms with Crippen molar-refractivity contribution in [1.82, 2.24) is 20.7 Å². The van der Waals surface area contributed by atoms with Crippen molar-refractivity contribution in [1.29, 1.82) is 0 Å². The summed E-state index contributed by atoms with van der Waals surface area (Å²) in [6, 6.07) is 14.8. The quantitative estimate of drug-likeness (QED) is 0.614. The van der Waals surface area contributed by atoms with E-state index in [1.54, 1.807) is 23.5 Å². The van der Waals surface area contributed by atoms with E-state index < -0.39 is 0 Å². The molecular weight excluding hydrogens is 437 g/mol. The standard InChI is InChI=1S/C25H28FN5OS/c1-16-3-5-18(6-4-16)24-27-17(2)23(33-24)21-15-22(29-28-21)25(32)31-13-11-30(12-14-31)20-9-7-19(26)8-10-20/h3-10,21-22,28-29H,11-15H2,1-2H3. The molecule has 2 unspecified atom stereocenters. The van der Waals surface area contributed by atoms with Crippen LogP contribution in [0.2, 0.25) is 0 Å². The first-order valence-corrected chi connectivity index (χ1v) is 12.1. The average molecular weight is 466 g/mol. The van der Waals surface area contributed by atoms with Crippen molar-refractivity contribution in [2.75, 3.05) is 31.1 Å². The SMILES string of the molecule is Cc1ccc(-c2nc(C)c(C3CC(C(=O)N4CCN(c5ccc(F)cc5)CC4)NN3)s2)cc1. The number of carbonyl (C=O) groups excluding carboxylic acids is 1. The lowest BCUT2D eigenvalue weighted by atomic mass is 10.1.